The molecule has 0 atom stereocenters. The normalized spacial score (nSPS) is 15.0. The molecule has 146 valence electrons. The summed E-state index contributed by atoms with van der Waals surface area (Å²) in [5.74, 6) is 0.204. The Kier molecular flexibility index (Phi) is 5.47. The minimum atomic E-state index is -0.251. The molecule has 1 aliphatic rings. The van der Waals surface area contributed by atoms with Crippen molar-refractivity contribution in [2.75, 3.05) is 5.75 Å². The summed E-state index contributed by atoms with van der Waals surface area (Å²) in [5, 5.41) is 8.25. The van der Waals surface area contributed by atoms with Crippen molar-refractivity contribution in [1.82, 2.24) is 25.1 Å². The van der Waals surface area contributed by atoms with Crippen molar-refractivity contribution in [3.8, 4) is 5.69 Å². The first-order chi connectivity index (χ1) is 13.6. The largest absolute Gasteiger partial charge is 0.353 e. The molecule has 0 radical (unpaired) electrons. The number of nitrogens with one attached hydrogen (secondary N) is 2. The fourth-order valence-electron chi connectivity index (χ4n) is 3.49. The SMILES string of the molecule is Cc1ccc(-n2ncc3c(=O)[nH]c(SCC(=O)NC4CCCCC4)nc32)cc1. The first-order valence-corrected chi connectivity index (χ1v) is 10.6. The van der Waals surface area contributed by atoms with Crippen LogP contribution in [0.5, 0.6) is 0 Å². The van der Waals surface area contributed by atoms with Gasteiger partial charge in [-0.3, -0.25) is 9.59 Å². The topological polar surface area (TPSA) is 92.7 Å². The molecule has 2 aromatic heterocycles. The van der Waals surface area contributed by atoms with E-state index < -0.39 is 0 Å². The summed E-state index contributed by atoms with van der Waals surface area (Å²) in [6.45, 7) is 2.01. The monoisotopic (exact) mass is 397 g/mol. The number of hydrogen-bond acceptors (Lipinski definition) is 5. The van der Waals surface area contributed by atoms with E-state index in [0.29, 0.717) is 16.2 Å². The smallest absolute Gasteiger partial charge is 0.262 e. The molecule has 2 heterocycles. The second kappa shape index (κ2) is 8.18. The molecule has 1 fully saturated rings. The highest BCUT2D eigenvalue weighted by Crippen LogP contribution is 2.20. The number of rotatable bonds is 5. The number of carbonyl (C=O) groups is 1. The molecule has 0 unspecified atom stereocenters. The number of fused-ring (bicyclic) bond motifs is 1. The van der Waals surface area contributed by atoms with E-state index in [1.165, 1.54) is 37.2 Å². The van der Waals surface area contributed by atoms with Crippen LogP contribution in [-0.2, 0) is 4.79 Å². The molecule has 1 aliphatic carbocycles. The number of nitrogens with zero attached hydrogens (tertiary/aromatic N) is 3. The maximum Gasteiger partial charge on any atom is 0.262 e. The Balaban J connectivity index is 1.51. The number of carbonyl (C=O) groups excluding carboxylic acids is 1. The number of aromatic nitrogens is 4. The lowest BCUT2D eigenvalue weighted by Crippen LogP contribution is -2.37. The zero-order valence-corrected chi connectivity index (χ0v) is 16.6. The highest BCUT2D eigenvalue weighted by Gasteiger charge is 2.17. The lowest BCUT2D eigenvalue weighted by molar-refractivity contribution is -0.119. The van der Waals surface area contributed by atoms with Gasteiger partial charge in [-0.1, -0.05) is 48.7 Å². The first-order valence-electron chi connectivity index (χ1n) is 9.57. The standard InChI is InChI=1S/C20H23N5O2S/c1-13-7-9-15(10-8-13)25-18-16(11-21-25)19(27)24-20(23-18)28-12-17(26)22-14-5-3-2-4-6-14/h7-11,14H,2-6,12H2,1H3,(H,22,26)(H,23,24,27). The zero-order valence-electron chi connectivity index (χ0n) is 15.8. The van der Waals surface area contributed by atoms with E-state index in [-0.39, 0.29) is 23.3 Å². The predicted octanol–water partition coefficient (Wildman–Crippen LogP) is 2.96. The first kappa shape index (κ1) is 18.7. The van der Waals surface area contributed by atoms with E-state index >= 15 is 0 Å². The molecule has 1 amide bonds. The van der Waals surface area contributed by atoms with Crippen LogP contribution < -0.4 is 10.9 Å². The van der Waals surface area contributed by atoms with Gasteiger partial charge in [-0.15, -0.1) is 0 Å². The molecule has 1 saturated carbocycles. The molecular formula is C20H23N5O2S. The van der Waals surface area contributed by atoms with E-state index in [0.717, 1.165) is 24.1 Å². The predicted molar refractivity (Wildman–Crippen MR) is 110 cm³/mol. The van der Waals surface area contributed by atoms with Gasteiger partial charge in [-0.05, 0) is 31.9 Å². The summed E-state index contributed by atoms with van der Waals surface area (Å²) in [6.07, 6.45) is 7.21. The van der Waals surface area contributed by atoms with E-state index in [9.17, 15) is 9.59 Å². The Bertz CT molecular complexity index is 1030. The van der Waals surface area contributed by atoms with Gasteiger partial charge in [0.2, 0.25) is 5.91 Å². The molecule has 0 bridgehead atoms. The van der Waals surface area contributed by atoms with Crippen molar-refractivity contribution in [2.45, 2.75) is 50.2 Å². The van der Waals surface area contributed by atoms with Crippen molar-refractivity contribution in [3.63, 3.8) is 0 Å². The minimum absolute atomic E-state index is 0.0216. The average Bonchev–Trinajstić information content (AvgIpc) is 3.12. The van der Waals surface area contributed by atoms with Gasteiger partial charge in [-0.2, -0.15) is 5.10 Å². The maximum atomic E-state index is 12.4. The van der Waals surface area contributed by atoms with Crippen molar-refractivity contribution in [1.29, 1.82) is 0 Å². The van der Waals surface area contributed by atoms with Gasteiger partial charge in [0.25, 0.3) is 5.56 Å². The lowest BCUT2D eigenvalue weighted by Gasteiger charge is -2.22. The fourth-order valence-corrected chi connectivity index (χ4v) is 4.16. The molecular weight excluding hydrogens is 374 g/mol. The van der Waals surface area contributed by atoms with E-state index in [1.807, 2.05) is 31.2 Å². The number of amides is 1. The third-order valence-corrected chi connectivity index (χ3v) is 5.88. The van der Waals surface area contributed by atoms with Gasteiger partial charge in [0.1, 0.15) is 5.39 Å². The Hall–Kier alpha value is -2.61. The summed E-state index contributed by atoms with van der Waals surface area (Å²) < 4.78 is 1.65. The van der Waals surface area contributed by atoms with E-state index in [4.69, 9.17) is 0 Å². The van der Waals surface area contributed by atoms with Crippen LogP contribution >= 0.6 is 11.8 Å². The highest BCUT2D eigenvalue weighted by atomic mass is 32.2. The second-order valence-corrected chi connectivity index (χ2v) is 8.16. The van der Waals surface area contributed by atoms with Crippen molar-refractivity contribution < 1.29 is 4.79 Å². The van der Waals surface area contributed by atoms with E-state index in [2.05, 4.69) is 20.4 Å². The van der Waals surface area contributed by atoms with Gasteiger partial charge in [0.05, 0.1) is 17.6 Å². The Morgan fingerprint density at radius 2 is 2.00 bits per heavy atom. The molecule has 28 heavy (non-hydrogen) atoms. The molecule has 1 aromatic carbocycles. The third kappa shape index (κ3) is 4.11. The summed E-state index contributed by atoms with van der Waals surface area (Å²) in [4.78, 5) is 31.9. The van der Waals surface area contributed by atoms with Crippen molar-refractivity contribution in [3.05, 3.63) is 46.4 Å². The number of hydrogen-bond donors (Lipinski definition) is 2. The summed E-state index contributed by atoms with van der Waals surface area (Å²) in [7, 11) is 0. The van der Waals surface area contributed by atoms with Crippen molar-refractivity contribution in [2.24, 2.45) is 0 Å². The van der Waals surface area contributed by atoms with Gasteiger partial charge >= 0.3 is 0 Å². The Morgan fingerprint density at radius 1 is 1.25 bits per heavy atom. The molecule has 2 N–H and O–H groups in total. The van der Waals surface area contributed by atoms with Gasteiger partial charge in [0.15, 0.2) is 10.8 Å². The van der Waals surface area contributed by atoms with Crippen molar-refractivity contribution >= 4 is 28.7 Å². The maximum absolute atomic E-state index is 12.4. The Morgan fingerprint density at radius 3 is 2.75 bits per heavy atom. The minimum Gasteiger partial charge on any atom is -0.353 e. The van der Waals surface area contributed by atoms with Crippen LogP contribution in [0.2, 0.25) is 0 Å². The van der Waals surface area contributed by atoms with Crippen LogP contribution in [-0.4, -0.2) is 37.5 Å². The number of aromatic amines is 1. The number of benzene rings is 1. The number of H-pyrrole nitrogens is 1. The molecule has 0 spiro atoms. The molecule has 0 saturated heterocycles. The molecule has 8 heteroatoms. The molecule has 3 aromatic rings. The number of thioether (sulfide) groups is 1. The quantitative estimate of drug-likeness (QED) is 0.510. The number of aryl methyl sites for hydroxylation is 1. The van der Waals surface area contributed by atoms with Gasteiger partial charge < -0.3 is 10.3 Å². The lowest BCUT2D eigenvalue weighted by atomic mass is 9.95. The third-order valence-electron chi connectivity index (χ3n) is 5.01. The highest BCUT2D eigenvalue weighted by molar-refractivity contribution is 7.99. The molecule has 0 aliphatic heterocycles. The zero-order chi connectivity index (χ0) is 19.5. The average molecular weight is 398 g/mol. The van der Waals surface area contributed by atoms with Gasteiger partial charge in [0, 0.05) is 6.04 Å². The molecule has 4 rings (SSSR count). The van der Waals surface area contributed by atoms with Crippen LogP contribution in [0, 0.1) is 6.92 Å². The fraction of sp³-hybridized carbons (Fsp3) is 0.400. The van der Waals surface area contributed by atoms with Crippen LogP contribution in [0.1, 0.15) is 37.7 Å². The second-order valence-electron chi connectivity index (χ2n) is 7.19. The van der Waals surface area contributed by atoms with E-state index in [1.54, 1.807) is 4.68 Å². The summed E-state index contributed by atoms with van der Waals surface area (Å²) >= 11 is 1.24. The summed E-state index contributed by atoms with van der Waals surface area (Å²) in [6, 6.07) is 8.13. The summed E-state index contributed by atoms with van der Waals surface area (Å²) in [5.41, 5.74) is 2.22. The Labute approximate surface area is 166 Å². The molecule has 7 nitrogen and oxygen atoms in total. The van der Waals surface area contributed by atoms with Crippen LogP contribution in [0.15, 0.2) is 40.4 Å². The van der Waals surface area contributed by atoms with Crippen LogP contribution in [0.3, 0.4) is 0 Å². The van der Waals surface area contributed by atoms with Gasteiger partial charge in [-0.25, -0.2) is 9.67 Å². The van der Waals surface area contributed by atoms with Crippen LogP contribution in [0.25, 0.3) is 16.7 Å². The van der Waals surface area contributed by atoms with Crippen LogP contribution in [0.4, 0.5) is 0 Å².